The summed E-state index contributed by atoms with van der Waals surface area (Å²) in [6.07, 6.45) is 1.77. The van der Waals surface area contributed by atoms with Crippen molar-refractivity contribution < 1.29 is 13.2 Å². The summed E-state index contributed by atoms with van der Waals surface area (Å²) in [7, 11) is -3.54. The second kappa shape index (κ2) is 6.89. The molecule has 0 aliphatic carbocycles. The SMILES string of the molecule is CCCNCCNS(=O)(=O)c1cc(Br)cc2c1OCC2. The van der Waals surface area contributed by atoms with Gasteiger partial charge >= 0.3 is 0 Å². The standard InChI is InChI=1S/C13H19BrN2O3S/c1-2-4-15-5-6-16-20(17,18)12-9-11(14)8-10-3-7-19-13(10)12/h8-9,15-16H,2-7H2,1H3. The maximum atomic E-state index is 12.3. The van der Waals surface area contributed by atoms with Gasteiger partial charge in [-0.15, -0.1) is 0 Å². The highest BCUT2D eigenvalue weighted by Crippen LogP contribution is 2.35. The van der Waals surface area contributed by atoms with Crippen molar-refractivity contribution >= 4 is 26.0 Å². The van der Waals surface area contributed by atoms with Crippen molar-refractivity contribution in [3.63, 3.8) is 0 Å². The number of hydrogen-bond acceptors (Lipinski definition) is 4. The number of benzene rings is 1. The largest absolute Gasteiger partial charge is 0.492 e. The quantitative estimate of drug-likeness (QED) is 0.724. The minimum Gasteiger partial charge on any atom is -0.492 e. The first-order valence-electron chi connectivity index (χ1n) is 6.70. The van der Waals surface area contributed by atoms with Crippen molar-refractivity contribution in [1.29, 1.82) is 0 Å². The summed E-state index contributed by atoms with van der Waals surface area (Å²) in [6.45, 7) is 4.47. The van der Waals surface area contributed by atoms with E-state index >= 15 is 0 Å². The van der Waals surface area contributed by atoms with Crippen molar-refractivity contribution in [2.75, 3.05) is 26.2 Å². The van der Waals surface area contributed by atoms with Gasteiger partial charge in [0, 0.05) is 29.5 Å². The van der Waals surface area contributed by atoms with Crippen LogP contribution >= 0.6 is 15.9 Å². The smallest absolute Gasteiger partial charge is 0.244 e. The highest BCUT2D eigenvalue weighted by Gasteiger charge is 2.25. The van der Waals surface area contributed by atoms with Crippen LogP contribution in [-0.4, -0.2) is 34.7 Å². The fraction of sp³-hybridized carbons (Fsp3) is 0.538. The molecule has 0 fully saturated rings. The Morgan fingerprint density at radius 1 is 1.30 bits per heavy atom. The second-order valence-corrected chi connectivity index (χ2v) is 7.29. The molecule has 0 spiro atoms. The molecular formula is C13H19BrN2O3S. The van der Waals surface area contributed by atoms with Crippen LogP contribution in [0.2, 0.25) is 0 Å². The topological polar surface area (TPSA) is 67.4 Å². The average molecular weight is 363 g/mol. The second-order valence-electron chi connectivity index (χ2n) is 4.64. The molecule has 2 rings (SSSR count). The molecule has 5 nitrogen and oxygen atoms in total. The average Bonchev–Trinajstić information content (AvgIpc) is 2.85. The molecule has 0 amide bonds. The minimum absolute atomic E-state index is 0.217. The summed E-state index contributed by atoms with van der Waals surface area (Å²) in [6, 6.07) is 3.50. The molecule has 0 saturated heterocycles. The molecule has 7 heteroatoms. The van der Waals surface area contributed by atoms with E-state index in [1.54, 1.807) is 6.07 Å². The number of sulfonamides is 1. The van der Waals surface area contributed by atoms with Gasteiger partial charge in [-0.2, -0.15) is 0 Å². The molecule has 112 valence electrons. The molecule has 1 aromatic carbocycles. The van der Waals surface area contributed by atoms with Crippen molar-refractivity contribution in [3.05, 3.63) is 22.2 Å². The number of fused-ring (bicyclic) bond motifs is 1. The summed E-state index contributed by atoms with van der Waals surface area (Å²) in [5.74, 6) is 0.488. The Hall–Kier alpha value is -0.630. The summed E-state index contributed by atoms with van der Waals surface area (Å²) < 4.78 is 33.5. The zero-order chi connectivity index (χ0) is 14.6. The van der Waals surface area contributed by atoms with Crippen molar-refractivity contribution in [3.8, 4) is 5.75 Å². The van der Waals surface area contributed by atoms with Crippen LogP contribution in [0.3, 0.4) is 0 Å². The lowest BCUT2D eigenvalue weighted by Crippen LogP contribution is -2.32. The molecular weight excluding hydrogens is 344 g/mol. The highest BCUT2D eigenvalue weighted by molar-refractivity contribution is 9.10. The normalized spacial score (nSPS) is 14.1. The van der Waals surface area contributed by atoms with Gasteiger partial charge in [0.2, 0.25) is 10.0 Å². The molecule has 0 atom stereocenters. The Morgan fingerprint density at radius 3 is 2.85 bits per heavy atom. The highest BCUT2D eigenvalue weighted by atomic mass is 79.9. The Kier molecular flexibility index (Phi) is 5.42. The van der Waals surface area contributed by atoms with Crippen LogP contribution in [0.25, 0.3) is 0 Å². The molecule has 0 radical (unpaired) electrons. The zero-order valence-electron chi connectivity index (χ0n) is 11.4. The van der Waals surface area contributed by atoms with E-state index in [9.17, 15) is 8.42 Å². The lowest BCUT2D eigenvalue weighted by molar-refractivity contribution is 0.348. The monoisotopic (exact) mass is 362 g/mol. The third-order valence-electron chi connectivity index (χ3n) is 3.02. The van der Waals surface area contributed by atoms with Crippen LogP contribution in [0.4, 0.5) is 0 Å². The van der Waals surface area contributed by atoms with E-state index < -0.39 is 10.0 Å². The van der Waals surface area contributed by atoms with E-state index in [1.165, 1.54) is 0 Å². The van der Waals surface area contributed by atoms with Gasteiger partial charge in [0.05, 0.1) is 6.61 Å². The van der Waals surface area contributed by atoms with E-state index in [4.69, 9.17) is 4.74 Å². The molecule has 2 N–H and O–H groups in total. The molecule has 0 saturated carbocycles. The van der Waals surface area contributed by atoms with E-state index in [0.717, 1.165) is 29.4 Å². The fourth-order valence-electron chi connectivity index (χ4n) is 2.09. The first kappa shape index (κ1) is 15.8. The van der Waals surface area contributed by atoms with Crippen LogP contribution in [0.15, 0.2) is 21.5 Å². The minimum atomic E-state index is -3.54. The number of ether oxygens (including phenoxy) is 1. The van der Waals surface area contributed by atoms with Gasteiger partial charge in [0.25, 0.3) is 0 Å². The molecule has 1 aromatic rings. The van der Waals surface area contributed by atoms with Gasteiger partial charge in [-0.3, -0.25) is 0 Å². The summed E-state index contributed by atoms with van der Waals surface area (Å²) in [5.41, 5.74) is 0.934. The van der Waals surface area contributed by atoms with Gasteiger partial charge in [-0.1, -0.05) is 22.9 Å². The van der Waals surface area contributed by atoms with Crippen molar-refractivity contribution in [2.24, 2.45) is 0 Å². The Bertz CT molecular complexity index is 575. The molecule has 1 aliphatic rings. The molecule has 0 bridgehead atoms. The third-order valence-corrected chi connectivity index (χ3v) is 4.95. The molecule has 0 unspecified atom stereocenters. The predicted molar refractivity (Wildman–Crippen MR) is 81.7 cm³/mol. The number of nitrogens with one attached hydrogen (secondary N) is 2. The van der Waals surface area contributed by atoms with Crippen LogP contribution in [-0.2, 0) is 16.4 Å². The number of hydrogen-bond donors (Lipinski definition) is 2. The van der Waals surface area contributed by atoms with E-state index in [-0.39, 0.29) is 4.90 Å². The van der Waals surface area contributed by atoms with Crippen LogP contribution in [0.5, 0.6) is 5.75 Å². The van der Waals surface area contributed by atoms with E-state index in [1.807, 2.05) is 6.07 Å². The van der Waals surface area contributed by atoms with Crippen molar-refractivity contribution in [2.45, 2.75) is 24.7 Å². The van der Waals surface area contributed by atoms with Crippen molar-refractivity contribution in [1.82, 2.24) is 10.0 Å². The lowest BCUT2D eigenvalue weighted by Gasteiger charge is -2.11. The van der Waals surface area contributed by atoms with Gasteiger partial charge in [0.15, 0.2) is 0 Å². The zero-order valence-corrected chi connectivity index (χ0v) is 13.8. The van der Waals surface area contributed by atoms with Gasteiger partial charge in [-0.05, 0) is 25.1 Å². The van der Waals surface area contributed by atoms with Gasteiger partial charge in [0.1, 0.15) is 10.6 Å². The lowest BCUT2D eigenvalue weighted by atomic mass is 10.2. The maximum Gasteiger partial charge on any atom is 0.244 e. The summed E-state index contributed by atoms with van der Waals surface area (Å²) >= 11 is 3.35. The third kappa shape index (κ3) is 3.72. The summed E-state index contributed by atoms with van der Waals surface area (Å²) in [5, 5.41) is 3.16. The van der Waals surface area contributed by atoms with E-state index in [2.05, 4.69) is 32.9 Å². The van der Waals surface area contributed by atoms with Crippen LogP contribution in [0.1, 0.15) is 18.9 Å². The molecule has 0 aromatic heterocycles. The molecule has 1 heterocycles. The van der Waals surface area contributed by atoms with Crippen LogP contribution in [0, 0.1) is 0 Å². The van der Waals surface area contributed by atoms with Crippen LogP contribution < -0.4 is 14.8 Å². The Labute approximate surface area is 128 Å². The molecule has 20 heavy (non-hydrogen) atoms. The molecule has 1 aliphatic heterocycles. The Balaban J connectivity index is 2.10. The maximum absolute atomic E-state index is 12.3. The van der Waals surface area contributed by atoms with Gasteiger partial charge in [-0.25, -0.2) is 13.1 Å². The summed E-state index contributed by atoms with van der Waals surface area (Å²) in [4.78, 5) is 0.217. The predicted octanol–water partition coefficient (Wildman–Crippen LogP) is 1.66. The first-order valence-corrected chi connectivity index (χ1v) is 8.98. The van der Waals surface area contributed by atoms with E-state index in [0.29, 0.717) is 25.4 Å². The van der Waals surface area contributed by atoms with Gasteiger partial charge < -0.3 is 10.1 Å². The Morgan fingerprint density at radius 2 is 2.10 bits per heavy atom. The number of halogens is 1. The fourth-order valence-corrected chi connectivity index (χ4v) is 3.99. The first-order chi connectivity index (χ1) is 9.54. The number of rotatable bonds is 7.